The van der Waals surface area contributed by atoms with E-state index in [4.69, 9.17) is 4.74 Å². The molecule has 0 spiro atoms. The number of hydrogen-bond donors (Lipinski definition) is 1. The number of carbonyl (C=O) groups is 1. The van der Waals surface area contributed by atoms with Gasteiger partial charge in [0.15, 0.2) is 6.61 Å². The lowest BCUT2D eigenvalue weighted by atomic mass is 10.2. The number of aryl methyl sites for hydroxylation is 1. The molecule has 2 aromatic carbocycles. The molecule has 5 nitrogen and oxygen atoms in total. The Morgan fingerprint density at radius 3 is 2.48 bits per heavy atom. The van der Waals surface area contributed by atoms with E-state index in [-0.39, 0.29) is 11.5 Å². The van der Waals surface area contributed by atoms with E-state index in [1.54, 1.807) is 36.4 Å². The van der Waals surface area contributed by atoms with Gasteiger partial charge in [0.1, 0.15) is 5.75 Å². The average Bonchev–Trinajstić information content (AvgIpc) is 2.46. The van der Waals surface area contributed by atoms with Crippen LogP contribution in [0.25, 0.3) is 0 Å². The SMILES string of the molecule is Cc1cccc(OCC(=O)NS(=O)(=O)c2ccccc2)c1. The zero-order valence-electron chi connectivity index (χ0n) is 11.4. The second kappa shape index (κ2) is 6.41. The van der Waals surface area contributed by atoms with E-state index in [0.717, 1.165) is 5.56 Å². The summed E-state index contributed by atoms with van der Waals surface area (Å²) in [6.45, 7) is 1.53. The van der Waals surface area contributed by atoms with Crippen molar-refractivity contribution in [3.8, 4) is 5.75 Å². The standard InChI is InChI=1S/C15H15NO4S/c1-12-6-5-7-13(10-12)20-11-15(17)16-21(18,19)14-8-3-2-4-9-14/h2-10H,11H2,1H3,(H,16,17). The maximum absolute atomic E-state index is 11.9. The summed E-state index contributed by atoms with van der Waals surface area (Å²) in [5.41, 5.74) is 0.991. The second-order valence-corrected chi connectivity index (χ2v) is 6.13. The molecule has 0 atom stereocenters. The van der Waals surface area contributed by atoms with Crippen LogP contribution in [0.2, 0.25) is 0 Å². The minimum absolute atomic E-state index is 0.0360. The summed E-state index contributed by atoms with van der Waals surface area (Å²) in [6.07, 6.45) is 0. The highest BCUT2D eigenvalue weighted by atomic mass is 32.2. The monoisotopic (exact) mass is 305 g/mol. The Balaban J connectivity index is 1.96. The van der Waals surface area contributed by atoms with Crippen LogP contribution < -0.4 is 9.46 Å². The molecule has 0 saturated heterocycles. The molecule has 2 rings (SSSR count). The van der Waals surface area contributed by atoms with E-state index in [9.17, 15) is 13.2 Å². The predicted octanol–water partition coefficient (Wildman–Crippen LogP) is 1.88. The first kappa shape index (κ1) is 15.1. The third-order valence-electron chi connectivity index (χ3n) is 2.66. The van der Waals surface area contributed by atoms with Gasteiger partial charge in [-0.1, -0.05) is 30.3 Å². The van der Waals surface area contributed by atoms with Gasteiger partial charge in [0.2, 0.25) is 0 Å². The smallest absolute Gasteiger partial charge is 0.271 e. The van der Waals surface area contributed by atoms with Crippen molar-refractivity contribution < 1.29 is 17.9 Å². The van der Waals surface area contributed by atoms with Crippen LogP contribution in [-0.4, -0.2) is 20.9 Å². The molecule has 0 fully saturated rings. The summed E-state index contributed by atoms with van der Waals surface area (Å²) in [5, 5.41) is 0. The molecule has 6 heteroatoms. The Labute approximate surface area is 123 Å². The molecule has 0 aliphatic heterocycles. The summed E-state index contributed by atoms with van der Waals surface area (Å²) >= 11 is 0. The maximum Gasteiger partial charge on any atom is 0.271 e. The molecular formula is C15H15NO4S. The molecule has 1 N–H and O–H groups in total. The molecule has 0 radical (unpaired) electrons. The van der Waals surface area contributed by atoms with Crippen LogP contribution in [-0.2, 0) is 14.8 Å². The van der Waals surface area contributed by atoms with Crippen LogP contribution >= 0.6 is 0 Å². The van der Waals surface area contributed by atoms with Gasteiger partial charge in [-0.2, -0.15) is 0 Å². The van der Waals surface area contributed by atoms with E-state index in [1.807, 2.05) is 17.7 Å². The Hall–Kier alpha value is -2.34. The molecular weight excluding hydrogens is 290 g/mol. The number of sulfonamides is 1. The number of amides is 1. The van der Waals surface area contributed by atoms with Gasteiger partial charge in [0, 0.05) is 0 Å². The van der Waals surface area contributed by atoms with E-state index in [0.29, 0.717) is 5.75 Å². The predicted molar refractivity (Wildman–Crippen MR) is 78.4 cm³/mol. The summed E-state index contributed by atoms with van der Waals surface area (Å²) in [4.78, 5) is 11.7. The van der Waals surface area contributed by atoms with E-state index >= 15 is 0 Å². The number of carbonyl (C=O) groups excluding carboxylic acids is 1. The molecule has 21 heavy (non-hydrogen) atoms. The fourth-order valence-electron chi connectivity index (χ4n) is 1.69. The maximum atomic E-state index is 11.9. The van der Waals surface area contributed by atoms with Crippen molar-refractivity contribution in [2.75, 3.05) is 6.61 Å². The number of ether oxygens (including phenoxy) is 1. The molecule has 0 aromatic heterocycles. The first-order chi connectivity index (χ1) is 9.97. The minimum atomic E-state index is -3.85. The fraction of sp³-hybridized carbons (Fsp3) is 0.133. The number of hydrogen-bond acceptors (Lipinski definition) is 4. The highest BCUT2D eigenvalue weighted by Gasteiger charge is 2.17. The summed E-state index contributed by atoms with van der Waals surface area (Å²) in [5.74, 6) is -0.206. The van der Waals surface area contributed by atoms with Crippen LogP contribution in [0.4, 0.5) is 0 Å². The Morgan fingerprint density at radius 2 is 1.81 bits per heavy atom. The van der Waals surface area contributed by atoms with Gasteiger partial charge >= 0.3 is 0 Å². The lowest BCUT2D eigenvalue weighted by molar-refractivity contribution is -0.121. The average molecular weight is 305 g/mol. The molecule has 0 unspecified atom stereocenters. The number of benzene rings is 2. The van der Waals surface area contributed by atoms with E-state index in [2.05, 4.69) is 0 Å². The zero-order chi connectivity index (χ0) is 15.3. The van der Waals surface area contributed by atoms with E-state index < -0.39 is 15.9 Å². The van der Waals surface area contributed by atoms with Gasteiger partial charge < -0.3 is 4.74 Å². The third kappa shape index (κ3) is 4.32. The quantitative estimate of drug-likeness (QED) is 0.915. The minimum Gasteiger partial charge on any atom is -0.484 e. The van der Waals surface area contributed by atoms with Crippen LogP contribution in [0.1, 0.15) is 5.56 Å². The van der Waals surface area contributed by atoms with Gasteiger partial charge in [-0.05, 0) is 36.8 Å². The Morgan fingerprint density at radius 1 is 1.10 bits per heavy atom. The molecule has 2 aromatic rings. The Bertz CT molecular complexity index is 726. The van der Waals surface area contributed by atoms with Crippen LogP contribution in [0.3, 0.4) is 0 Å². The number of nitrogens with one attached hydrogen (secondary N) is 1. The molecule has 0 saturated carbocycles. The van der Waals surface area contributed by atoms with E-state index in [1.165, 1.54) is 12.1 Å². The van der Waals surface area contributed by atoms with Crippen molar-refractivity contribution in [2.24, 2.45) is 0 Å². The van der Waals surface area contributed by atoms with Crippen molar-refractivity contribution in [1.29, 1.82) is 0 Å². The summed E-state index contributed by atoms with van der Waals surface area (Å²) in [7, 11) is -3.85. The first-order valence-corrected chi connectivity index (χ1v) is 7.76. The first-order valence-electron chi connectivity index (χ1n) is 6.27. The molecule has 0 aliphatic rings. The van der Waals surface area contributed by atoms with Gasteiger partial charge in [-0.15, -0.1) is 0 Å². The van der Waals surface area contributed by atoms with Crippen molar-refractivity contribution in [3.05, 3.63) is 60.2 Å². The Kier molecular flexibility index (Phi) is 4.59. The third-order valence-corrected chi connectivity index (χ3v) is 4.05. The number of rotatable bonds is 5. The molecule has 0 aliphatic carbocycles. The summed E-state index contributed by atoms with van der Waals surface area (Å²) in [6, 6.07) is 14.8. The second-order valence-electron chi connectivity index (χ2n) is 4.45. The molecule has 0 heterocycles. The van der Waals surface area contributed by atoms with Gasteiger partial charge in [0.05, 0.1) is 4.90 Å². The van der Waals surface area contributed by atoms with Crippen molar-refractivity contribution in [2.45, 2.75) is 11.8 Å². The molecule has 1 amide bonds. The normalized spacial score (nSPS) is 10.9. The lowest BCUT2D eigenvalue weighted by Gasteiger charge is -2.08. The van der Waals surface area contributed by atoms with Crippen LogP contribution in [0.15, 0.2) is 59.5 Å². The highest BCUT2D eigenvalue weighted by molar-refractivity contribution is 7.90. The summed E-state index contributed by atoms with van der Waals surface area (Å²) < 4.78 is 31.1. The topological polar surface area (TPSA) is 72.5 Å². The zero-order valence-corrected chi connectivity index (χ0v) is 12.3. The largest absolute Gasteiger partial charge is 0.484 e. The van der Waals surface area contributed by atoms with Crippen molar-refractivity contribution in [1.82, 2.24) is 4.72 Å². The molecule has 0 bridgehead atoms. The highest BCUT2D eigenvalue weighted by Crippen LogP contribution is 2.12. The van der Waals surface area contributed by atoms with Gasteiger partial charge in [-0.3, -0.25) is 4.79 Å². The van der Waals surface area contributed by atoms with Gasteiger partial charge in [-0.25, -0.2) is 13.1 Å². The lowest BCUT2D eigenvalue weighted by Crippen LogP contribution is -2.34. The van der Waals surface area contributed by atoms with Crippen molar-refractivity contribution in [3.63, 3.8) is 0 Å². The molecule has 110 valence electrons. The van der Waals surface area contributed by atoms with Crippen molar-refractivity contribution >= 4 is 15.9 Å². The van der Waals surface area contributed by atoms with Crippen LogP contribution in [0.5, 0.6) is 5.75 Å². The van der Waals surface area contributed by atoms with Gasteiger partial charge in [0.25, 0.3) is 15.9 Å². The van der Waals surface area contributed by atoms with Crippen LogP contribution in [0, 0.1) is 6.92 Å². The fourth-order valence-corrected chi connectivity index (χ4v) is 2.68.